The van der Waals surface area contributed by atoms with Crippen molar-refractivity contribution in [2.75, 3.05) is 11.9 Å². The smallest absolute Gasteiger partial charge is 0.267 e. The summed E-state index contributed by atoms with van der Waals surface area (Å²) < 4.78 is 6.59. The van der Waals surface area contributed by atoms with Crippen LogP contribution in [-0.2, 0) is 4.79 Å². The highest BCUT2D eigenvalue weighted by molar-refractivity contribution is 7.15. The SMILES string of the molecule is CCOc1ccc(-c2ccc(=O)n([C@@H](C)C(=O)Nc3nnc(C)s3)n2)cc1. The monoisotopic (exact) mass is 385 g/mol. The van der Waals surface area contributed by atoms with Crippen LogP contribution in [0.3, 0.4) is 0 Å². The number of hydrogen-bond acceptors (Lipinski definition) is 7. The average molecular weight is 385 g/mol. The Bertz CT molecular complexity index is 997. The zero-order valence-electron chi connectivity index (χ0n) is 15.2. The highest BCUT2D eigenvalue weighted by Gasteiger charge is 2.19. The van der Waals surface area contributed by atoms with Crippen LogP contribution >= 0.6 is 11.3 Å². The van der Waals surface area contributed by atoms with Gasteiger partial charge in [0.1, 0.15) is 16.8 Å². The first kappa shape index (κ1) is 18.7. The minimum atomic E-state index is -0.802. The van der Waals surface area contributed by atoms with Crippen LogP contribution in [0.15, 0.2) is 41.2 Å². The van der Waals surface area contributed by atoms with Gasteiger partial charge in [-0.3, -0.25) is 14.9 Å². The zero-order chi connectivity index (χ0) is 19.4. The summed E-state index contributed by atoms with van der Waals surface area (Å²) in [5, 5.41) is 15.9. The van der Waals surface area contributed by atoms with Gasteiger partial charge >= 0.3 is 0 Å². The van der Waals surface area contributed by atoms with Crippen molar-refractivity contribution < 1.29 is 9.53 Å². The Hall–Kier alpha value is -3.07. The summed E-state index contributed by atoms with van der Waals surface area (Å²) in [6.45, 7) is 5.91. The molecule has 0 spiro atoms. The molecular formula is C18H19N5O3S. The number of aromatic nitrogens is 4. The van der Waals surface area contributed by atoms with Crippen LogP contribution in [-0.4, -0.2) is 32.5 Å². The Kier molecular flexibility index (Phi) is 5.60. The minimum Gasteiger partial charge on any atom is -0.494 e. The van der Waals surface area contributed by atoms with Crippen molar-refractivity contribution >= 4 is 22.4 Å². The number of hydrogen-bond donors (Lipinski definition) is 1. The van der Waals surface area contributed by atoms with E-state index in [0.717, 1.165) is 21.0 Å². The largest absolute Gasteiger partial charge is 0.494 e. The van der Waals surface area contributed by atoms with Gasteiger partial charge in [0.05, 0.1) is 12.3 Å². The molecule has 1 atom stereocenters. The molecule has 0 fully saturated rings. The number of carbonyl (C=O) groups excluding carboxylic acids is 1. The highest BCUT2D eigenvalue weighted by atomic mass is 32.1. The first-order chi connectivity index (χ1) is 13.0. The molecule has 0 saturated heterocycles. The van der Waals surface area contributed by atoms with Gasteiger partial charge in [-0.05, 0) is 51.1 Å². The summed E-state index contributed by atoms with van der Waals surface area (Å²) in [4.78, 5) is 24.7. The maximum atomic E-state index is 12.5. The fourth-order valence-electron chi connectivity index (χ4n) is 2.41. The summed E-state index contributed by atoms with van der Waals surface area (Å²) in [5.41, 5.74) is 1.05. The van der Waals surface area contributed by atoms with Crippen LogP contribution in [0.1, 0.15) is 24.9 Å². The van der Waals surface area contributed by atoms with Gasteiger partial charge in [-0.15, -0.1) is 10.2 Å². The zero-order valence-corrected chi connectivity index (χ0v) is 16.0. The number of carbonyl (C=O) groups is 1. The molecule has 140 valence electrons. The molecule has 3 rings (SSSR count). The highest BCUT2D eigenvalue weighted by Crippen LogP contribution is 2.21. The van der Waals surface area contributed by atoms with Crippen molar-refractivity contribution in [3.63, 3.8) is 0 Å². The summed E-state index contributed by atoms with van der Waals surface area (Å²) in [7, 11) is 0. The number of anilines is 1. The Labute approximate surface area is 159 Å². The average Bonchev–Trinajstić information content (AvgIpc) is 3.07. The molecule has 1 N–H and O–H groups in total. The molecule has 0 aliphatic heterocycles. The van der Waals surface area contributed by atoms with Gasteiger partial charge in [-0.1, -0.05) is 11.3 Å². The maximum Gasteiger partial charge on any atom is 0.267 e. The van der Waals surface area contributed by atoms with Crippen LogP contribution in [0.5, 0.6) is 5.75 Å². The lowest BCUT2D eigenvalue weighted by Gasteiger charge is -2.14. The first-order valence-corrected chi connectivity index (χ1v) is 9.23. The van der Waals surface area contributed by atoms with E-state index in [9.17, 15) is 9.59 Å². The van der Waals surface area contributed by atoms with E-state index in [1.807, 2.05) is 31.2 Å². The van der Waals surface area contributed by atoms with Crippen LogP contribution in [0.4, 0.5) is 5.13 Å². The molecule has 1 amide bonds. The van der Waals surface area contributed by atoms with E-state index in [2.05, 4.69) is 20.6 Å². The van der Waals surface area contributed by atoms with E-state index in [1.165, 1.54) is 17.4 Å². The Morgan fingerprint density at radius 2 is 1.96 bits per heavy atom. The number of rotatable bonds is 6. The van der Waals surface area contributed by atoms with Gasteiger partial charge in [0.2, 0.25) is 5.13 Å². The van der Waals surface area contributed by atoms with Crippen molar-refractivity contribution in [3.05, 3.63) is 51.8 Å². The van der Waals surface area contributed by atoms with Gasteiger partial charge in [0, 0.05) is 11.6 Å². The molecule has 3 aromatic rings. The van der Waals surface area contributed by atoms with Gasteiger partial charge < -0.3 is 4.74 Å². The minimum absolute atomic E-state index is 0.360. The molecule has 0 saturated carbocycles. The maximum absolute atomic E-state index is 12.5. The Morgan fingerprint density at radius 3 is 2.59 bits per heavy atom. The van der Waals surface area contributed by atoms with Gasteiger partial charge in [-0.25, -0.2) is 4.68 Å². The van der Waals surface area contributed by atoms with Gasteiger partial charge in [0.25, 0.3) is 11.5 Å². The van der Waals surface area contributed by atoms with E-state index in [-0.39, 0.29) is 11.5 Å². The van der Waals surface area contributed by atoms with Crippen molar-refractivity contribution in [3.8, 4) is 17.0 Å². The topological polar surface area (TPSA) is 99.0 Å². The number of nitrogens with zero attached hydrogens (tertiary/aromatic N) is 4. The van der Waals surface area contributed by atoms with E-state index in [0.29, 0.717) is 17.4 Å². The third-order valence-electron chi connectivity index (χ3n) is 3.79. The lowest BCUT2D eigenvalue weighted by molar-refractivity contribution is -0.119. The summed E-state index contributed by atoms with van der Waals surface area (Å²) in [6.07, 6.45) is 0. The van der Waals surface area contributed by atoms with Crippen LogP contribution in [0.2, 0.25) is 0 Å². The molecular weight excluding hydrogens is 366 g/mol. The molecule has 0 unspecified atom stereocenters. The van der Waals surface area contributed by atoms with Crippen molar-refractivity contribution in [2.45, 2.75) is 26.8 Å². The molecule has 27 heavy (non-hydrogen) atoms. The number of nitrogens with one attached hydrogen (secondary N) is 1. The third kappa shape index (κ3) is 4.37. The van der Waals surface area contributed by atoms with Gasteiger partial charge in [0.15, 0.2) is 0 Å². The second-order valence-corrected chi connectivity index (χ2v) is 6.93. The molecule has 9 heteroatoms. The Balaban J connectivity index is 1.83. The lowest BCUT2D eigenvalue weighted by Crippen LogP contribution is -2.33. The van der Waals surface area contributed by atoms with E-state index in [4.69, 9.17) is 4.74 Å². The molecule has 0 bridgehead atoms. The standard InChI is InChI=1S/C18H19N5O3S/c1-4-26-14-7-5-13(6-8-14)15-9-10-16(24)23(22-15)11(2)17(25)19-18-21-20-12(3)27-18/h5-11H,4H2,1-3H3,(H,19,21,25)/t11-/m0/s1. The molecule has 2 aromatic heterocycles. The number of amides is 1. The molecule has 1 aromatic carbocycles. The van der Waals surface area contributed by atoms with Crippen molar-refractivity contribution in [1.29, 1.82) is 0 Å². The fraction of sp³-hybridized carbons (Fsp3) is 0.278. The van der Waals surface area contributed by atoms with Crippen LogP contribution < -0.4 is 15.6 Å². The van der Waals surface area contributed by atoms with E-state index in [1.54, 1.807) is 19.9 Å². The molecule has 0 aliphatic rings. The Morgan fingerprint density at radius 1 is 1.22 bits per heavy atom. The van der Waals surface area contributed by atoms with E-state index >= 15 is 0 Å². The second-order valence-electron chi connectivity index (χ2n) is 5.75. The number of aryl methyl sites for hydroxylation is 1. The summed E-state index contributed by atoms with van der Waals surface area (Å²) in [6, 6.07) is 9.62. The molecule has 2 heterocycles. The van der Waals surface area contributed by atoms with Gasteiger partial charge in [-0.2, -0.15) is 5.10 Å². The third-order valence-corrected chi connectivity index (χ3v) is 4.54. The summed E-state index contributed by atoms with van der Waals surface area (Å²) in [5.74, 6) is 0.374. The fourth-order valence-corrected chi connectivity index (χ4v) is 3.01. The molecule has 8 nitrogen and oxygen atoms in total. The van der Waals surface area contributed by atoms with Crippen LogP contribution in [0.25, 0.3) is 11.3 Å². The quantitative estimate of drug-likeness (QED) is 0.700. The number of ether oxygens (including phenoxy) is 1. The predicted molar refractivity (Wildman–Crippen MR) is 103 cm³/mol. The summed E-state index contributed by atoms with van der Waals surface area (Å²) >= 11 is 1.26. The predicted octanol–water partition coefficient (Wildman–Crippen LogP) is 2.67. The lowest BCUT2D eigenvalue weighted by atomic mass is 10.1. The van der Waals surface area contributed by atoms with E-state index < -0.39 is 6.04 Å². The van der Waals surface area contributed by atoms with Crippen molar-refractivity contribution in [2.24, 2.45) is 0 Å². The van der Waals surface area contributed by atoms with Crippen molar-refractivity contribution in [1.82, 2.24) is 20.0 Å². The number of benzene rings is 1. The molecule has 0 radical (unpaired) electrons. The molecule has 0 aliphatic carbocycles. The first-order valence-electron chi connectivity index (χ1n) is 8.42. The van der Waals surface area contributed by atoms with Crippen LogP contribution in [0, 0.1) is 6.92 Å². The normalized spacial score (nSPS) is 11.8. The second kappa shape index (κ2) is 8.09.